The highest BCUT2D eigenvalue weighted by Crippen LogP contribution is 2.37. The van der Waals surface area contributed by atoms with Crippen LogP contribution in [0.25, 0.3) is 11.1 Å². The number of benzene rings is 2. The number of carbonyl (C=O) groups is 1. The predicted octanol–water partition coefficient (Wildman–Crippen LogP) is 6.06. The molecule has 0 bridgehead atoms. The van der Waals surface area contributed by atoms with Crippen molar-refractivity contribution < 1.29 is 4.79 Å². The summed E-state index contributed by atoms with van der Waals surface area (Å²) in [5.74, 6) is 0. The maximum Gasteiger partial charge on any atom is 0.318 e. The lowest BCUT2D eigenvalue weighted by Gasteiger charge is -2.38. The Morgan fingerprint density at radius 2 is 1.88 bits per heavy atom. The number of nitrogens with one attached hydrogen (secondary N) is 2. The van der Waals surface area contributed by atoms with Gasteiger partial charge in [-0.25, -0.2) is 4.79 Å². The van der Waals surface area contributed by atoms with Gasteiger partial charge in [-0.05, 0) is 58.0 Å². The molecule has 0 saturated carbocycles. The van der Waals surface area contributed by atoms with Crippen LogP contribution in [0, 0.1) is 6.92 Å². The Kier molecular flexibility index (Phi) is 7.81. The van der Waals surface area contributed by atoms with Gasteiger partial charge in [-0.2, -0.15) is 5.10 Å². The van der Waals surface area contributed by atoms with Gasteiger partial charge in [-0.3, -0.25) is 5.10 Å². The molecule has 4 rings (SSSR count). The molecule has 180 valence electrons. The predicted molar refractivity (Wildman–Crippen MR) is 138 cm³/mol. The first-order valence-electron chi connectivity index (χ1n) is 11.6. The van der Waals surface area contributed by atoms with Gasteiger partial charge in [0.25, 0.3) is 0 Å². The molecule has 1 aromatic heterocycles. The van der Waals surface area contributed by atoms with E-state index in [0.717, 1.165) is 48.2 Å². The average Bonchev–Trinajstić information content (AvgIpc) is 3.35. The Hall–Kier alpha value is -2.54. The fourth-order valence-corrected chi connectivity index (χ4v) is 5.04. The molecule has 3 aromatic rings. The van der Waals surface area contributed by atoms with Crippen LogP contribution in [0.4, 0.5) is 4.79 Å². The Morgan fingerprint density at radius 1 is 1.18 bits per heavy atom. The minimum absolute atomic E-state index is 0.0891. The second-order valence-electron chi connectivity index (χ2n) is 9.14. The van der Waals surface area contributed by atoms with E-state index < -0.39 is 0 Å². The molecule has 0 spiro atoms. The number of amides is 2. The third kappa shape index (κ3) is 5.57. The highest BCUT2D eigenvalue weighted by molar-refractivity contribution is 6.44. The number of piperidine rings is 1. The van der Waals surface area contributed by atoms with E-state index in [-0.39, 0.29) is 18.1 Å². The van der Waals surface area contributed by atoms with Gasteiger partial charge in [-0.15, -0.1) is 0 Å². The summed E-state index contributed by atoms with van der Waals surface area (Å²) < 4.78 is 0. The van der Waals surface area contributed by atoms with Gasteiger partial charge >= 0.3 is 6.03 Å². The second kappa shape index (κ2) is 10.8. The van der Waals surface area contributed by atoms with Gasteiger partial charge in [0, 0.05) is 29.9 Å². The van der Waals surface area contributed by atoms with Crippen LogP contribution in [0.5, 0.6) is 0 Å². The molecule has 1 fully saturated rings. The van der Waals surface area contributed by atoms with Gasteiger partial charge < -0.3 is 15.1 Å². The normalized spacial score (nSPS) is 15.8. The molecule has 1 aliphatic heterocycles. The molecule has 2 amide bonds. The molecule has 2 aromatic carbocycles. The maximum atomic E-state index is 13.5. The standard InChI is InChI=1S/C26H31Cl2N5O/c1-17-4-6-19(7-5-17)16-33(21-10-12-32(3)13-11-21)26(34)31-18(2)22-8-9-23(25(28)24(22)27)20-14-29-30-15-20/h4-9,14-15,18,21H,10-13,16H2,1-3H3,(H,29,30)(H,31,34). The topological polar surface area (TPSA) is 64.3 Å². The summed E-state index contributed by atoms with van der Waals surface area (Å²) in [7, 11) is 2.13. The van der Waals surface area contributed by atoms with E-state index >= 15 is 0 Å². The maximum absolute atomic E-state index is 13.5. The first kappa shape index (κ1) is 24.6. The zero-order valence-corrected chi connectivity index (χ0v) is 21.3. The van der Waals surface area contributed by atoms with E-state index in [4.69, 9.17) is 23.2 Å². The van der Waals surface area contributed by atoms with Crippen molar-refractivity contribution in [1.29, 1.82) is 0 Å². The molecular formula is C26H31Cl2N5O. The van der Waals surface area contributed by atoms with Gasteiger partial charge in [0.1, 0.15) is 0 Å². The number of aromatic nitrogens is 2. The fraction of sp³-hybridized carbons (Fsp3) is 0.385. The Morgan fingerprint density at radius 3 is 2.53 bits per heavy atom. The number of nitrogens with zero attached hydrogens (tertiary/aromatic N) is 3. The number of aromatic amines is 1. The molecule has 8 heteroatoms. The number of urea groups is 1. The SMILES string of the molecule is Cc1ccc(CN(C(=O)NC(C)c2ccc(-c3cn[nH]c3)c(Cl)c2Cl)C2CCN(C)CC2)cc1. The van der Waals surface area contributed by atoms with Gasteiger partial charge in [0.15, 0.2) is 0 Å². The number of hydrogen-bond donors (Lipinski definition) is 2. The molecule has 6 nitrogen and oxygen atoms in total. The first-order valence-corrected chi connectivity index (χ1v) is 12.4. The summed E-state index contributed by atoms with van der Waals surface area (Å²) in [6.07, 6.45) is 5.38. The number of aryl methyl sites for hydroxylation is 1. The number of rotatable bonds is 6. The van der Waals surface area contributed by atoms with Crippen molar-refractivity contribution in [3.63, 3.8) is 0 Å². The van der Waals surface area contributed by atoms with Crippen LogP contribution < -0.4 is 5.32 Å². The van der Waals surface area contributed by atoms with E-state index in [0.29, 0.717) is 16.6 Å². The zero-order chi connectivity index (χ0) is 24.2. The summed E-state index contributed by atoms with van der Waals surface area (Å²) in [6.45, 7) is 6.54. The number of likely N-dealkylation sites (tertiary alicyclic amines) is 1. The minimum atomic E-state index is -0.303. The molecule has 1 aliphatic rings. The van der Waals surface area contributed by atoms with Crippen LogP contribution in [0.15, 0.2) is 48.8 Å². The third-order valence-corrected chi connectivity index (χ3v) is 7.49. The Balaban J connectivity index is 1.53. The summed E-state index contributed by atoms with van der Waals surface area (Å²) in [5, 5.41) is 10.8. The molecule has 1 atom stereocenters. The number of halogens is 2. The first-order chi connectivity index (χ1) is 16.3. The summed E-state index contributed by atoms with van der Waals surface area (Å²) in [4.78, 5) is 17.8. The molecule has 2 N–H and O–H groups in total. The lowest BCUT2D eigenvalue weighted by molar-refractivity contribution is 0.125. The fourth-order valence-electron chi connectivity index (χ4n) is 4.43. The monoisotopic (exact) mass is 499 g/mol. The molecule has 1 unspecified atom stereocenters. The van der Waals surface area contributed by atoms with Crippen molar-refractivity contribution in [3.05, 3.63) is 75.5 Å². The van der Waals surface area contributed by atoms with E-state index in [1.54, 1.807) is 12.4 Å². The van der Waals surface area contributed by atoms with Gasteiger partial charge in [-0.1, -0.05) is 65.2 Å². The van der Waals surface area contributed by atoms with Gasteiger partial charge in [0.2, 0.25) is 0 Å². The van der Waals surface area contributed by atoms with E-state index in [1.807, 2.05) is 24.0 Å². The third-order valence-electron chi connectivity index (χ3n) is 6.59. The van der Waals surface area contributed by atoms with Crippen LogP contribution in [0.3, 0.4) is 0 Å². The van der Waals surface area contributed by atoms with Gasteiger partial charge in [0.05, 0.1) is 22.3 Å². The summed E-state index contributed by atoms with van der Waals surface area (Å²) >= 11 is 13.2. The second-order valence-corrected chi connectivity index (χ2v) is 9.89. The van der Waals surface area contributed by atoms with Crippen molar-refractivity contribution in [2.75, 3.05) is 20.1 Å². The molecule has 0 radical (unpaired) electrons. The van der Waals surface area contributed by atoms with Crippen molar-refractivity contribution in [1.82, 2.24) is 25.3 Å². The van der Waals surface area contributed by atoms with Crippen LogP contribution in [-0.4, -0.2) is 52.2 Å². The highest BCUT2D eigenvalue weighted by atomic mass is 35.5. The average molecular weight is 500 g/mol. The minimum Gasteiger partial charge on any atom is -0.331 e. The van der Waals surface area contributed by atoms with Crippen LogP contribution in [0.2, 0.25) is 10.0 Å². The quantitative estimate of drug-likeness (QED) is 0.433. The van der Waals surface area contributed by atoms with Crippen molar-refractivity contribution in [3.8, 4) is 11.1 Å². The largest absolute Gasteiger partial charge is 0.331 e. The number of carbonyl (C=O) groups excluding carboxylic acids is 1. The number of H-pyrrole nitrogens is 1. The Labute approximate surface area is 211 Å². The van der Waals surface area contributed by atoms with E-state index in [1.165, 1.54) is 5.56 Å². The van der Waals surface area contributed by atoms with Crippen molar-refractivity contribution >= 4 is 29.2 Å². The number of hydrogen-bond acceptors (Lipinski definition) is 3. The zero-order valence-electron chi connectivity index (χ0n) is 19.8. The molecule has 0 aliphatic carbocycles. The summed E-state index contributed by atoms with van der Waals surface area (Å²) in [5.41, 5.74) is 4.78. The smallest absolute Gasteiger partial charge is 0.318 e. The highest BCUT2D eigenvalue weighted by Gasteiger charge is 2.28. The van der Waals surface area contributed by atoms with E-state index in [2.05, 4.69) is 58.7 Å². The van der Waals surface area contributed by atoms with Crippen molar-refractivity contribution in [2.24, 2.45) is 0 Å². The van der Waals surface area contributed by atoms with E-state index in [9.17, 15) is 4.79 Å². The summed E-state index contributed by atoms with van der Waals surface area (Å²) in [6, 6.07) is 12.0. The van der Waals surface area contributed by atoms with Crippen molar-refractivity contribution in [2.45, 2.75) is 45.3 Å². The Bertz CT molecular complexity index is 1110. The van der Waals surface area contributed by atoms with Crippen LogP contribution in [0.1, 0.15) is 42.5 Å². The van der Waals surface area contributed by atoms with Crippen LogP contribution >= 0.6 is 23.2 Å². The lowest BCUT2D eigenvalue weighted by Crippen LogP contribution is -2.50. The molecule has 2 heterocycles. The molecule has 34 heavy (non-hydrogen) atoms. The molecular weight excluding hydrogens is 469 g/mol. The molecule has 1 saturated heterocycles. The lowest BCUT2D eigenvalue weighted by atomic mass is 10.0. The van der Waals surface area contributed by atoms with Crippen LogP contribution in [-0.2, 0) is 6.54 Å².